The smallest absolute Gasteiger partial charge is 0.175 e. The molecule has 2 aromatic rings. The summed E-state index contributed by atoms with van der Waals surface area (Å²) in [5.74, 6) is 5.23. The molecule has 2 aromatic carbocycles. The van der Waals surface area contributed by atoms with Crippen LogP contribution in [0, 0.1) is 12.7 Å². The van der Waals surface area contributed by atoms with E-state index in [1.165, 1.54) is 18.2 Å². The summed E-state index contributed by atoms with van der Waals surface area (Å²) in [6.07, 6.45) is 1.14. The van der Waals surface area contributed by atoms with Gasteiger partial charge in [-0.1, -0.05) is 18.2 Å². The minimum atomic E-state index is -3.31. The van der Waals surface area contributed by atoms with Crippen LogP contribution in [0.5, 0.6) is 0 Å². The Balaban J connectivity index is 2.54. The van der Waals surface area contributed by atoms with E-state index in [0.29, 0.717) is 11.1 Å². The fourth-order valence-corrected chi connectivity index (χ4v) is 2.89. The SMILES string of the molecule is Cc1ccc(F)cc1C(NN)c1cccc(S(C)(=O)=O)c1. The summed E-state index contributed by atoms with van der Waals surface area (Å²) in [4.78, 5) is 0.203. The summed E-state index contributed by atoms with van der Waals surface area (Å²) in [6.45, 7) is 1.85. The Morgan fingerprint density at radius 1 is 1.19 bits per heavy atom. The van der Waals surface area contributed by atoms with E-state index in [1.807, 2.05) is 6.92 Å². The lowest BCUT2D eigenvalue weighted by Crippen LogP contribution is -2.29. The topological polar surface area (TPSA) is 72.2 Å². The number of hydrazine groups is 1. The van der Waals surface area contributed by atoms with Crippen LogP contribution in [0.1, 0.15) is 22.7 Å². The monoisotopic (exact) mass is 308 g/mol. The maximum Gasteiger partial charge on any atom is 0.175 e. The molecule has 0 aliphatic rings. The fourth-order valence-electron chi connectivity index (χ4n) is 2.21. The minimum Gasteiger partial charge on any atom is -0.271 e. The number of hydrogen-bond acceptors (Lipinski definition) is 4. The maximum atomic E-state index is 13.5. The van der Waals surface area contributed by atoms with E-state index in [-0.39, 0.29) is 10.7 Å². The van der Waals surface area contributed by atoms with Crippen molar-refractivity contribution in [1.29, 1.82) is 0 Å². The number of nitrogens with one attached hydrogen (secondary N) is 1. The molecule has 0 fully saturated rings. The van der Waals surface area contributed by atoms with Crippen LogP contribution >= 0.6 is 0 Å². The van der Waals surface area contributed by atoms with E-state index in [1.54, 1.807) is 24.3 Å². The lowest BCUT2D eigenvalue weighted by Gasteiger charge is -2.19. The van der Waals surface area contributed by atoms with Gasteiger partial charge >= 0.3 is 0 Å². The summed E-state index contributed by atoms with van der Waals surface area (Å²) in [6, 6.07) is 10.4. The van der Waals surface area contributed by atoms with E-state index in [2.05, 4.69) is 5.43 Å². The molecule has 0 spiro atoms. The quantitative estimate of drug-likeness (QED) is 0.670. The van der Waals surface area contributed by atoms with Crippen LogP contribution in [-0.2, 0) is 9.84 Å². The zero-order valence-electron chi connectivity index (χ0n) is 11.8. The molecule has 0 radical (unpaired) electrons. The first-order valence-corrected chi connectivity index (χ1v) is 8.24. The number of hydrogen-bond donors (Lipinski definition) is 2. The van der Waals surface area contributed by atoms with Gasteiger partial charge in [0.15, 0.2) is 9.84 Å². The number of halogens is 1. The third kappa shape index (κ3) is 3.47. The number of nitrogens with two attached hydrogens (primary N) is 1. The molecule has 3 N–H and O–H groups in total. The molecule has 21 heavy (non-hydrogen) atoms. The van der Waals surface area contributed by atoms with Crippen LogP contribution in [0.3, 0.4) is 0 Å². The predicted molar refractivity (Wildman–Crippen MR) is 79.9 cm³/mol. The zero-order chi connectivity index (χ0) is 15.6. The first kappa shape index (κ1) is 15.6. The molecule has 2 rings (SSSR count). The highest BCUT2D eigenvalue weighted by atomic mass is 32.2. The number of benzene rings is 2. The van der Waals surface area contributed by atoms with E-state index >= 15 is 0 Å². The Labute approximate surface area is 123 Å². The van der Waals surface area contributed by atoms with Crippen molar-refractivity contribution in [2.24, 2.45) is 5.84 Å². The van der Waals surface area contributed by atoms with Gasteiger partial charge in [-0.15, -0.1) is 0 Å². The largest absolute Gasteiger partial charge is 0.271 e. The molecular weight excluding hydrogens is 291 g/mol. The molecule has 6 heteroatoms. The van der Waals surface area contributed by atoms with Gasteiger partial charge in [-0.3, -0.25) is 5.84 Å². The maximum absolute atomic E-state index is 13.5. The molecule has 0 aromatic heterocycles. The Morgan fingerprint density at radius 2 is 1.90 bits per heavy atom. The molecule has 1 atom stereocenters. The molecule has 0 aliphatic heterocycles. The molecule has 112 valence electrons. The Bertz CT molecular complexity index is 760. The van der Waals surface area contributed by atoms with Crippen molar-refractivity contribution in [3.63, 3.8) is 0 Å². The number of aryl methyl sites for hydroxylation is 1. The van der Waals surface area contributed by atoms with Crippen molar-refractivity contribution in [3.8, 4) is 0 Å². The molecular formula is C15H17FN2O2S. The average Bonchev–Trinajstić information content (AvgIpc) is 2.43. The van der Waals surface area contributed by atoms with E-state index in [4.69, 9.17) is 5.84 Å². The third-order valence-electron chi connectivity index (χ3n) is 3.34. The Kier molecular flexibility index (Phi) is 4.41. The molecule has 0 saturated carbocycles. The van der Waals surface area contributed by atoms with Gasteiger partial charge in [0.05, 0.1) is 10.9 Å². The predicted octanol–water partition coefficient (Wildman–Crippen LogP) is 2.09. The Morgan fingerprint density at radius 3 is 2.52 bits per heavy atom. The van der Waals surface area contributed by atoms with Gasteiger partial charge in [0.1, 0.15) is 5.82 Å². The average molecular weight is 308 g/mol. The van der Waals surface area contributed by atoms with Gasteiger partial charge in [-0.05, 0) is 47.9 Å². The second kappa shape index (κ2) is 5.93. The van der Waals surface area contributed by atoms with Crippen LogP contribution in [0.25, 0.3) is 0 Å². The van der Waals surface area contributed by atoms with Crippen molar-refractivity contribution in [3.05, 3.63) is 65.0 Å². The van der Waals surface area contributed by atoms with Gasteiger partial charge in [0.2, 0.25) is 0 Å². The van der Waals surface area contributed by atoms with E-state index < -0.39 is 15.9 Å². The van der Waals surface area contributed by atoms with Crippen LogP contribution in [0.4, 0.5) is 4.39 Å². The molecule has 0 amide bonds. The second-order valence-corrected chi connectivity index (χ2v) is 6.96. The van der Waals surface area contributed by atoms with Crippen molar-refractivity contribution >= 4 is 9.84 Å². The first-order chi connectivity index (χ1) is 9.82. The first-order valence-electron chi connectivity index (χ1n) is 6.35. The van der Waals surface area contributed by atoms with Gasteiger partial charge < -0.3 is 0 Å². The molecule has 4 nitrogen and oxygen atoms in total. The molecule has 0 bridgehead atoms. The molecule has 0 aliphatic carbocycles. The highest BCUT2D eigenvalue weighted by Crippen LogP contribution is 2.26. The van der Waals surface area contributed by atoms with E-state index in [9.17, 15) is 12.8 Å². The van der Waals surface area contributed by atoms with Gasteiger partial charge in [0.25, 0.3) is 0 Å². The van der Waals surface area contributed by atoms with Crippen molar-refractivity contribution < 1.29 is 12.8 Å². The van der Waals surface area contributed by atoms with Crippen LogP contribution in [0.2, 0.25) is 0 Å². The van der Waals surface area contributed by atoms with Crippen LogP contribution in [-0.4, -0.2) is 14.7 Å². The van der Waals surface area contributed by atoms with Crippen LogP contribution < -0.4 is 11.3 Å². The lowest BCUT2D eigenvalue weighted by molar-refractivity contribution is 0.596. The minimum absolute atomic E-state index is 0.203. The summed E-state index contributed by atoms with van der Waals surface area (Å²) >= 11 is 0. The van der Waals surface area contributed by atoms with Gasteiger partial charge in [-0.25, -0.2) is 18.2 Å². The summed E-state index contributed by atoms with van der Waals surface area (Å²) < 4.78 is 36.7. The molecule has 0 heterocycles. The zero-order valence-corrected chi connectivity index (χ0v) is 12.6. The van der Waals surface area contributed by atoms with Crippen molar-refractivity contribution in [1.82, 2.24) is 5.43 Å². The standard InChI is InChI=1S/C15H17FN2O2S/c1-10-6-7-12(16)9-14(10)15(18-17)11-4-3-5-13(8-11)21(2,19)20/h3-9,15,18H,17H2,1-2H3. The van der Waals surface area contributed by atoms with Crippen molar-refractivity contribution in [2.45, 2.75) is 17.9 Å². The third-order valence-corrected chi connectivity index (χ3v) is 4.45. The second-order valence-electron chi connectivity index (χ2n) is 4.95. The van der Waals surface area contributed by atoms with Gasteiger partial charge in [0, 0.05) is 6.26 Å². The highest BCUT2D eigenvalue weighted by Gasteiger charge is 2.17. The molecule has 0 saturated heterocycles. The van der Waals surface area contributed by atoms with E-state index in [0.717, 1.165) is 11.8 Å². The van der Waals surface area contributed by atoms with Crippen LogP contribution in [0.15, 0.2) is 47.4 Å². The Hall–Kier alpha value is -1.76. The highest BCUT2D eigenvalue weighted by molar-refractivity contribution is 7.90. The summed E-state index contributed by atoms with van der Waals surface area (Å²) in [7, 11) is -3.31. The number of rotatable bonds is 4. The summed E-state index contributed by atoms with van der Waals surface area (Å²) in [5, 5.41) is 0. The fraction of sp³-hybridized carbons (Fsp3) is 0.200. The normalized spacial score (nSPS) is 13.1. The lowest BCUT2D eigenvalue weighted by atomic mass is 9.95. The van der Waals surface area contributed by atoms with Gasteiger partial charge in [-0.2, -0.15) is 0 Å². The number of sulfone groups is 1. The molecule has 1 unspecified atom stereocenters. The summed E-state index contributed by atoms with van der Waals surface area (Å²) in [5.41, 5.74) is 4.82. The van der Waals surface area contributed by atoms with Crippen molar-refractivity contribution in [2.75, 3.05) is 6.26 Å².